The van der Waals surface area contributed by atoms with Gasteiger partial charge in [-0.25, -0.2) is 19.2 Å². The molecule has 0 aliphatic rings. The van der Waals surface area contributed by atoms with Gasteiger partial charge in [-0.3, -0.25) is 0 Å². The van der Waals surface area contributed by atoms with Gasteiger partial charge in [0.1, 0.15) is 23.1 Å². The molecule has 0 saturated carbocycles. The van der Waals surface area contributed by atoms with Gasteiger partial charge in [0, 0.05) is 38.6 Å². The van der Waals surface area contributed by atoms with Crippen molar-refractivity contribution in [3.8, 4) is 6.07 Å². The van der Waals surface area contributed by atoms with Crippen molar-refractivity contribution in [2.45, 2.75) is 97.8 Å². The van der Waals surface area contributed by atoms with Gasteiger partial charge in [0.05, 0.1) is 17.9 Å². The van der Waals surface area contributed by atoms with Gasteiger partial charge in [0.15, 0.2) is 0 Å². The molecule has 2 aromatic rings. The summed E-state index contributed by atoms with van der Waals surface area (Å²) in [4.78, 5) is 20.5. The molecule has 2 rings (SSSR count). The van der Waals surface area contributed by atoms with Gasteiger partial charge in [-0.05, 0) is 87.8 Å². The third kappa shape index (κ3) is 13.2. The molecule has 0 bridgehead atoms. The van der Waals surface area contributed by atoms with E-state index in [1.165, 1.54) is 19.1 Å². The lowest BCUT2D eigenvalue weighted by Crippen LogP contribution is -2.24. The molecule has 1 aromatic heterocycles. The summed E-state index contributed by atoms with van der Waals surface area (Å²) in [7, 11) is -1.38. The van der Waals surface area contributed by atoms with Crippen LogP contribution >= 0.6 is 0 Å². The van der Waals surface area contributed by atoms with Crippen LogP contribution in [0.25, 0.3) is 11.1 Å². The molecule has 7 nitrogen and oxygen atoms in total. The van der Waals surface area contributed by atoms with Crippen molar-refractivity contribution < 1.29 is 31.8 Å². The predicted molar refractivity (Wildman–Crippen MR) is 190 cm³/mol. The zero-order valence-electron chi connectivity index (χ0n) is 30.0. The number of allylic oxidation sites excluding steroid dienone is 1. The summed E-state index contributed by atoms with van der Waals surface area (Å²) >= 11 is 0. The highest BCUT2D eigenvalue weighted by Gasteiger charge is 2.37. The summed E-state index contributed by atoms with van der Waals surface area (Å²) in [6.45, 7) is 24.3. The van der Waals surface area contributed by atoms with Crippen molar-refractivity contribution in [2.24, 2.45) is 5.92 Å². The maximum atomic E-state index is 15.1. The Morgan fingerprint density at radius 3 is 2.39 bits per heavy atom. The van der Waals surface area contributed by atoms with E-state index in [9.17, 15) is 23.2 Å². The molecule has 0 aliphatic heterocycles. The molecule has 12 heteroatoms. The van der Waals surface area contributed by atoms with Crippen molar-refractivity contribution in [1.82, 2.24) is 9.97 Å². The first-order valence-corrected chi connectivity index (χ1v) is 20.2. The summed E-state index contributed by atoms with van der Waals surface area (Å²) in [5.41, 5.74) is -1.24. The van der Waals surface area contributed by atoms with Crippen molar-refractivity contribution in [3.63, 3.8) is 0 Å². The minimum atomic E-state index is -4.81. The third-order valence-corrected chi connectivity index (χ3v) is 9.42. The minimum Gasteiger partial charge on any atom is -0.457 e. The number of benzene rings is 1. The van der Waals surface area contributed by atoms with Crippen molar-refractivity contribution in [1.29, 1.82) is 5.26 Å². The first-order valence-electron chi connectivity index (χ1n) is 16.5. The third-order valence-electron chi connectivity index (χ3n) is 7.71. The van der Waals surface area contributed by atoms with Gasteiger partial charge >= 0.3 is 12.1 Å². The summed E-state index contributed by atoms with van der Waals surface area (Å²) in [6.07, 6.45) is -0.0728. The molecule has 268 valence electrons. The van der Waals surface area contributed by atoms with Gasteiger partial charge < -0.3 is 14.8 Å². The highest BCUT2D eigenvalue weighted by Crippen LogP contribution is 2.39. The fourth-order valence-corrected chi connectivity index (χ4v) is 5.62. The van der Waals surface area contributed by atoms with Crippen LogP contribution in [-0.2, 0) is 20.4 Å². The standard InChI is InChI=1S/C37H50F4N4O3Si/c1-11-26(15-13-14-24(3)34(46)48-36(5,6)7)21-43-35-44-22-31(37(39,40)41)33(45-35)28(12-2)30-19-32(38)27(20-42)18-29(30)25(4)23-47-16-17-49(8,9)10/h12,18-19,22,26H,3-4,11,13-17,21,23H2,1-2,5-10H3,(H,43,44,45)/b28-12+/t26-/m1/s1. The van der Waals surface area contributed by atoms with Crippen LogP contribution in [0.3, 0.4) is 0 Å². The number of nitriles is 1. The first kappa shape index (κ1) is 41.3. The number of anilines is 1. The number of hydrogen-bond acceptors (Lipinski definition) is 7. The van der Waals surface area contributed by atoms with Crippen LogP contribution < -0.4 is 5.32 Å². The Hall–Kier alpha value is -3.82. The Morgan fingerprint density at radius 1 is 1.16 bits per heavy atom. The number of halogens is 4. The number of nitrogens with one attached hydrogen (secondary N) is 1. The van der Waals surface area contributed by atoms with Gasteiger partial charge in [0.2, 0.25) is 5.95 Å². The number of nitrogens with zero attached hydrogens (tertiary/aromatic N) is 3. The highest BCUT2D eigenvalue weighted by molar-refractivity contribution is 6.76. The number of ether oxygens (including phenoxy) is 2. The van der Waals surface area contributed by atoms with Crippen LogP contribution in [0.4, 0.5) is 23.5 Å². The minimum absolute atomic E-state index is 0.00658. The summed E-state index contributed by atoms with van der Waals surface area (Å²) in [6, 6.07) is 5.03. The normalized spacial score (nSPS) is 13.1. The van der Waals surface area contributed by atoms with E-state index < -0.39 is 42.9 Å². The summed E-state index contributed by atoms with van der Waals surface area (Å²) in [5, 5.41) is 12.6. The van der Waals surface area contributed by atoms with Crippen LogP contribution in [0.2, 0.25) is 25.7 Å². The molecular weight excluding hydrogens is 653 g/mol. The lowest BCUT2D eigenvalue weighted by atomic mass is 9.90. The average Bonchev–Trinajstić information content (AvgIpc) is 2.99. The molecule has 0 amide bonds. The molecule has 1 heterocycles. The zero-order valence-corrected chi connectivity index (χ0v) is 31.0. The lowest BCUT2D eigenvalue weighted by molar-refractivity contribution is -0.150. The molecule has 0 radical (unpaired) electrons. The van der Waals surface area contributed by atoms with E-state index >= 15 is 4.39 Å². The van der Waals surface area contributed by atoms with Crippen LogP contribution in [0.15, 0.2) is 43.1 Å². The van der Waals surface area contributed by atoms with E-state index in [-0.39, 0.29) is 35.2 Å². The van der Waals surface area contributed by atoms with E-state index in [0.29, 0.717) is 48.9 Å². The second kappa shape index (κ2) is 17.7. The average molecular weight is 703 g/mol. The highest BCUT2D eigenvalue weighted by atomic mass is 28.3. The first-order chi connectivity index (χ1) is 22.7. The maximum Gasteiger partial charge on any atom is 0.419 e. The fourth-order valence-electron chi connectivity index (χ4n) is 4.87. The second-order valence-corrected chi connectivity index (χ2v) is 19.9. The van der Waals surface area contributed by atoms with E-state index in [1.54, 1.807) is 26.8 Å². The van der Waals surface area contributed by atoms with E-state index in [1.807, 2.05) is 6.92 Å². The molecule has 1 aromatic carbocycles. The Bertz CT molecular complexity index is 1570. The number of esters is 1. The summed E-state index contributed by atoms with van der Waals surface area (Å²) in [5.74, 6) is -1.24. The van der Waals surface area contributed by atoms with Crippen molar-refractivity contribution >= 4 is 31.1 Å². The van der Waals surface area contributed by atoms with Crippen molar-refractivity contribution in [3.05, 3.63) is 76.9 Å². The molecule has 0 spiro atoms. The number of carbonyl (C=O) groups excluding carboxylic acids is 1. The topological polar surface area (TPSA) is 97.1 Å². The molecule has 0 unspecified atom stereocenters. The molecule has 0 aliphatic carbocycles. The number of rotatable bonds is 17. The number of hydrogen-bond donors (Lipinski definition) is 1. The van der Waals surface area contributed by atoms with Crippen LogP contribution in [0, 0.1) is 23.1 Å². The Labute approximate surface area is 289 Å². The largest absolute Gasteiger partial charge is 0.457 e. The molecular formula is C37H50F4N4O3Si. The smallest absolute Gasteiger partial charge is 0.419 e. The lowest BCUT2D eigenvalue weighted by Gasteiger charge is -2.21. The van der Waals surface area contributed by atoms with Crippen LogP contribution in [0.1, 0.15) is 88.2 Å². The Balaban J connectivity index is 2.38. The summed E-state index contributed by atoms with van der Waals surface area (Å²) < 4.78 is 69.3. The second-order valence-electron chi connectivity index (χ2n) is 14.3. The van der Waals surface area contributed by atoms with Gasteiger partial charge in [0.25, 0.3) is 0 Å². The quantitative estimate of drug-likeness (QED) is 0.0576. The van der Waals surface area contributed by atoms with E-state index in [2.05, 4.69) is 48.1 Å². The fraction of sp³-hybridized carbons (Fsp3) is 0.514. The molecule has 0 saturated heterocycles. The van der Waals surface area contributed by atoms with E-state index in [4.69, 9.17) is 9.47 Å². The number of carbonyl (C=O) groups is 1. The van der Waals surface area contributed by atoms with Crippen molar-refractivity contribution in [2.75, 3.05) is 25.1 Å². The van der Waals surface area contributed by atoms with Gasteiger partial charge in [-0.1, -0.05) is 52.2 Å². The van der Waals surface area contributed by atoms with Gasteiger partial charge in [-0.2, -0.15) is 18.4 Å². The SMILES string of the molecule is C=C(CCC[C@@H](CC)CNc1ncc(C(F)(F)F)c(/C(=C/C)c2cc(F)c(C#N)cc2C(=C)COCC[Si](C)(C)C)n1)C(=O)OC(C)(C)C. The van der Waals surface area contributed by atoms with Crippen LogP contribution in [0.5, 0.6) is 0 Å². The maximum absolute atomic E-state index is 15.1. The molecule has 0 fully saturated rings. The Kier molecular flexibility index (Phi) is 15.0. The monoisotopic (exact) mass is 702 g/mol. The van der Waals surface area contributed by atoms with Gasteiger partial charge in [-0.15, -0.1) is 0 Å². The molecule has 1 N–H and O–H groups in total. The number of alkyl halides is 3. The predicted octanol–water partition coefficient (Wildman–Crippen LogP) is 9.83. The molecule has 1 atom stereocenters. The molecule has 49 heavy (non-hydrogen) atoms. The van der Waals surface area contributed by atoms with Crippen LogP contribution in [-0.4, -0.2) is 49.4 Å². The Morgan fingerprint density at radius 2 is 1.84 bits per heavy atom. The van der Waals surface area contributed by atoms with E-state index in [0.717, 1.165) is 25.0 Å². The zero-order chi connectivity index (χ0) is 37.2. The number of aromatic nitrogens is 2.